The molecule has 0 heterocycles. The summed E-state index contributed by atoms with van der Waals surface area (Å²) in [5, 5.41) is 25.1. The van der Waals surface area contributed by atoms with Crippen LogP contribution in [0.1, 0.15) is 46.0 Å². The summed E-state index contributed by atoms with van der Waals surface area (Å²) in [6.45, 7) is 4.75. The summed E-state index contributed by atoms with van der Waals surface area (Å²) in [4.78, 5) is 22.3. The fourth-order valence-corrected chi connectivity index (χ4v) is 2.50. The van der Waals surface area contributed by atoms with E-state index in [-0.39, 0.29) is 17.9 Å². The van der Waals surface area contributed by atoms with Gasteiger partial charge in [0, 0.05) is 25.6 Å². The zero-order valence-corrected chi connectivity index (χ0v) is 12.3. The number of carbonyl (C=O) groups excluding carboxylic acids is 1. The van der Waals surface area contributed by atoms with E-state index in [0.29, 0.717) is 45.2 Å². The highest BCUT2D eigenvalue weighted by atomic mass is 16.4. The van der Waals surface area contributed by atoms with E-state index in [1.807, 2.05) is 13.8 Å². The van der Waals surface area contributed by atoms with Crippen LogP contribution in [0, 0.1) is 5.92 Å². The number of hydrogen-bond donors (Lipinski definition) is 4. The van der Waals surface area contributed by atoms with Crippen molar-refractivity contribution in [3.05, 3.63) is 0 Å². The van der Waals surface area contributed by atoms with Gasteiger partial charge in [0.1, 0.15) is 0 Å². The molecule has 0 spiro atoms. The van der Waals surface area contributed by atoms with E-state index in [9.17, 15) is 14.7 Å². The van der Waals surface area contributed by atoms with Crippen LogP contribution in [-0.4, -0.2) is 46.8 Å². The third kappa shape index (κ3) is 5.88. The van der Waals surface area contributed by atoms with Gasteiger partial charge in [-0.2, -0.15) is 0 Å². The van der Waals surface area contributed by atoms with Crippen LogP contribution in [0.4, 0.5) is 0 Å². The van der Waals surface area contributed by atoms with Crippen molar-refractivity contribution in [2.24, 2.45) is 5.92 Å². The SMILES string of the molecule is CC(C)NC(=O)CCNCC1(O)CCC(C(=O)O)CC1. The summed E-state index contributed by atoms with van der Waals surface area (Å²) in [6.07, 6.45) is 2.40. The van der Waals surface area contributed by atoms with Crippen molar-refractivity contribution in [1.82, 2.24) is 10.6 Å². The normalized spacial score (nSPS) is 26.5. The van der Waals surface area contributed by atoms with Gasteiger partial charge in [-0.3, -0.25) is 9.59 Å². The Kier molecular flexibility index (Phi) is 6.42. The number of amides is 1. The fraction of sp³-hybridized carbons (Fsp3) is 0.857. The molecule has 6 heteroatoms. The maximum atomic E-state index is 11.4. The van der Waals surface area contributed by atoms with Crippen molar-refractivity contribution in [2.75, 3.05) is 13.1 Å². The maximum Gasteiger partial charge on any atom is 0.306 e. The topological polar surface area (TPSA) is 98.7 Å². The van der Waals surface area contributed by atoms with Gasteiger partial charge in [0.2, 0.25) is 5.91 Å². The molecule has 0 aromatic carbocycles. The predicted molar refractivity (Wildman–Crippen MR) is 75.3 cm³/mol. The highest BCUT2D eigenvalue weighted by Crippen LogP contribution is 2.31. The molecule has 0 unspecified atom stereocenters. The van der Waals surface area contributed by atoms with Gasteiger partial charge in [0.05, 0.1) is 11.5 Å². The van der Waals surface area contributed by atoms with Crippen molar-refractivity contribution in [2.45, 2.75) is 57.6 Å². The Hall–Kier alpha value is -1.14. The lowest BCUT2D eigenvalue weighted by atomic mass is 9.79. The van der Waals surface area contributed by atoms with Gasteiger partial charge in [-0.1, -0.05) is 0 Å². The molecular formula is C14H26N2O4. The largest absolute Gasteiger partial charge is 0.481 e. The van der Waals surface area contributed by atoms with E-state index in [0.717, 1.165) is 0 Å². The molecule has 0 radical (unpaired) electrons. The van der Waals surface area contributed by atoms with E-state index in [1.165, 1.54) is 0 Å². The Morgan fingerprint density at radius 1 is 1.30 bits per heavy atom. The quantitative estimate of drug-likeness (QED) is 0.511. The van der Waals surface area contributed by atoms with Crippen LogP contribution in [0.15, 0.2) is 0 Å². The zero-order chi connectivity index (χ0) is 15.2. The molecule has 0 aromatic heterocycles. The second kappa shape index (κ2) is 7.59. The molecule has 1 fully saturated rings. The second-order valence-corrected chi connectivity index (χ2v) is 5.99. The molecule has 116 valence electrons. The molecule has 1 aliphatic carbocycles. The van der Waals surface area contributed by atoms with Gasteiger partial charge in [-0.15, -0.1) is 0 Å². The molecule has 1 aliphatic rings. The monoisotopic (exact) mass is 286 g/mol. The van der Waals surface area contributed by atoms with Gasteiger partial charge in [-0.25, -0.2) is 0 Å². The molecule has 20 heavy (non-hydrogen) atoms. The first-order valence-corrected chi connectivity index (χ1v) is 7.28. The summed E-state index contributed by atoms with van der Waals surface area (Å²) in [7, 11) is 0. The minimum Gasteiger partial charge on any atom is -0.481 e. The third-order valence-electron chi connectivity index (χ3n) is 3.70. The number of rotatable bonds is 7. The first kappa shape index (κ1) is 16.9. The number of aliphatic carboxylic acids is 1. The first-order chi connectivity index (χ1) is 9.32. The Morgan fingerprint density at radius 3 is 2.40 bits per heavy atom. The lowest BCUT2D eigenvalue weighted by Gasteiger charge is -2.34. The summed E-state index contributed by atoms with van der Waals surface area (Å²) in [5.41, 5.74) is -0.833. The number of carboxylic acids is 1. The standard InChI is InChI=1S/C14H26N2O4/c1-10(2)16-12(17)5-8-15-9-14(20)6-3-11(4-7-14)13(18)19/h10-11,15,20H,3-9H2,1-2H3,(H,16,17)(H,18,19). The Bertz CT molecular complexity index is 336. The van der Waals surface area contributed by atoms with Gasteiger partial charge >= 0.3 is 5.97 Å². The molecule has 1 amide bonds. The van der Waals surface area contributed by atoms with E-state index < -0.39 is 11.6 Å². The lowest BCUT2D eigenvalue weighted by Crippen LogP contribution is -2.45. The third-order valence-corrected chi connectivity index (χ3v) is 3.70. The molecule has 0 aliphatic heterocycles. The number of carboxylic acid groups (broad SMARTS) is 1. The highest BCUT2D eigenvalue weighted by Gasteiger charge is 2.35. The number of nitrogens with one attached hydrogen (secondary N) is 2. The van der Waals surface area contributed by atoms with Crippen LogP contribution in [0.2, 0.25) is 0 Å². The highest BCUT2D eigenvalue weighted by molar-refractivity contribution is 5.76. The number of hydrogen-bond acceptors (Lipinski definition) is 4. The average Bonchev–Trinajstić information content (AvgIpc) is 2.34. The van der Waals surface area contributed by atoms with Gasteiger partial charge in [0.25, 0.3) is 0 Å². The predicted octanol–water partition coefficient (Wildman–Crippen LogP) is 0.497. The minimum absolute atomic E-state index is 0.00549. The van der Waals surface area contributed by atoms with E-state index in [4.69, 9.17) is 5.11 Å². The number of aliphatic hydroxyl groups is 1. The molecule has 0 saturated heterocycles. The molecule has 1 saturated carbocycles. The molecule has 6 nitrogen and oxygen atoms in total. The molecule has 0 atom stereocenters. The molecule has 0 bridgehead atoms. The number of carbonyl (C=O) groups is 2. The lowest BCUT2D eigenvalue weighted by molar-refractivity contribution is -0.144. The van der Waals surface area contributed by atoms with Crippen molar-refractivity contribution in [1.29, 1.82) is 0 Å². The first-order valence-electron chi connectivity index (χ1n) is 7.28. The summed E-state index contributed by atoms with van der Waals surface area (Å²) < 4.78 is 0. The maximum absolute atomic E-state index is 11.4. The van der Waals surface area contributed by atoms with Crippen LogP contribution in [0.5, 0.6) is 0 Å². The van der Waals surface area contributed by atoms with Crippen LogP contribution in [0.25, 0.3) is 0 Å². The Balaban J connectivity index is 2.19. The van der Waals surface area contributed by atoms with E-state index >= 15 is 0 Å². The van der Waals surface area contributed by atoms with E-state index in [1.54, 1.807) is 0 Å². The summed E-state index contributed by atoms with van der Waals surface area (Å²) in [5.74, 6) is -1.11. The summed E-state index contributed by atoms with van der Waals surface area (Å²) in [6, 6.07) is 0.137. The molecule has 4 N–H and O–H groups in total. The van der Waals surface area contributed by atoms with E-state index in [2.05, 4.69) is 10.6 Å². The fourth-order valence-electron chi connectivity index (χ4n) is 2.50. The smallest absolute Gasteiger partial charge is 0.306 e. The molecule has 0 aromatic rings. The molecular weight excluding hydrogens is 260 g/mol. The van der Waals surface area contributed by atoms with Crippen LogP contribution in [-0.2, 0) is 9.59 Å². The Morgan fingerprint density at radius 2 is 1.90 bits per heavy atom. The van der Waals surface area contributed by atoms with Crippen molar-refractivity contribution in [3.8, 4) is 0 Å². The van der Waals surface area contributed by atoms with Crippen molar-refractivity contribution >= 4 is 11.9 Å². The van der Waals surface area contributed by atoms with Gasteiger partial charge in [0.15, 0.2) is 0 Å². The van der Waals surface area contributed by atoms with Gasteiger partial charge in [-0.05, 0) is 39.5 Å². The second-order valence-electron chi connectivity index (χ2n) is 5.99. The van der Waals surface area contributed by atoms with Crippen LogP contribution in [0.3, 0.4) is 0 Å². The van der Waals surface area contributed by atoms with Crippen LogP contribution >= 0.6 is 0 Å². The van der Waals surface area contributed by atoms with Crippen molar-refractivity contribution < 1.29 is 19.8 Å². The van der Waals surface area contributed by atoms with Gasteiger partial charge < -0.3 is 20.8 Å². The Labute approximate surface area is 119 Å². The van der Waals surface area contributed by atoms with Crippen molar-refractivity contribution in [3.63, 3.8) is 0 Å². The van der Waals surface area contributed by atoms with Crippen LogP contribution < -0.4 is 10.6 Å². The average molecular weight is 286 g/mol. The zero-order valence-electron chi connectivity index (χ0n) is 12.3. The summed E-state index contributed by atoms with van der Waals surface area (Å²) >= 11 is 0. The minimum atomic E-state index is -0.833. The molecule has 1 rings (SSSR count).